The van der Waals surface area contributed by atoms with Crippen LogP contribution in [0.3, 0.4) is 0 Å². The van der Waals surface area contributed by atoms with Gasteiger partial charge in [-0.05, 0) is 47.0 Å². The minimum atomic E-state index is -0.559. The maximum atomic E-state index is 12.7. The van der Waals surface area contributed by atoms with Crippen molar-refractivity contribution in [2.24, 2.45) is 0 Å². The highest BCUT2D eigenvalue weighted by atomic mass is 35.5. The molecule has 118 valence electrons. The van der Waals surface area contributed by atoms with Crippen LogP contribution in [0.25, 0.3) is 11.1 Å². The van der Waals surface area contributed by atoms with E-state index in [9.17, 15) is 9.59 Å². The van der Waals surface area contributed by atoms with Gasteiger partial charge in [-0.3, -0.25) is 9.59 Å². The van der Waals surface area contributed by atoms with Crippen LogP contribution in [0.1, 0.15) is 20.7 Å². The first-order valence-corrected chi connectivity index (χ1v) is 7.78. The summed E-state index contributed by atoms with van der Waals surface area (Å²) in [4.78, 5) is 23.9. The van der Waals surface area contributed by atoms with Gasteiger partial charge < -0.3 is 5.32 Å². The molecule has 1 amide bonds. The quantitative estimate of drug-likeness (QED) is 0.683. The van der Waals surface area contributed by atoms with Gasteiger partial charge in [0.05, 0.1) is 0 Å². The standard InChI is InChI=1S/C20H14ClNO2/c21-19(23)15-9-6-10-16(13-15)22-20(24)18-12-5-4-11-17(18)14-7-2-1-3-8-14/h1-13H,(H,22,24). The normalized spacial score (nSPS) is 10.2. The molecule has 0 fully saturated rings. The number of benzene rings is 3. The van der Waals surface area contributed by atoms with E-state index < -0.39 is 5.24 Å². The van der Waals surface area contributed by atoms with Crippen LogP contribution in [0.4, 0.5) is 5.69 Å². The Morgan fingerprint density at radius 3 is 2.25 bits per heavy atom. The smallest absolute Gasteiger partial charge is 0.256 e. The zero-order chi connectivity index (χ0) is 16.9. The Balaban J connectivity index is 1.92. The van der Waals surface area contributed by atoms with E-state index in [-0.39, 0.29) is 5.91 Å². The number of amides is 1. The minimum absolute atomic E-state index is 0.242. The lowest BCUT2D eigenvalue weighted by Gasteiger charge is -2.11. The summed E-state index contributed by atoms with van der Waals surface area (Å²) in [6.07, 6.45) is 0. The third kappa shape index (κ3) is 3.53. The van der Waals surface area contributed by atoms with Crippen molar-refractivity contribution < 1.29 is 9.59 Å². The second-order valence-electron chi connectivity index (χ2n) is 5.22. The lowest BCUT2D eigenvalue weighted by Crippen LogP contribution is -2.13. The summed E-state index contributed by atoms with van der Waals surface area (Å²) in [5.41, 5.74) is 3.24. The number of hydrogen-bond acceptors (Lipinski definition) is 2. The van der Waals surface area contributed by atoms with Crippen LogP contribution in [-0.4, -0.2) is 11.1 Å². The van der Waals surface area contributed by atoms with Crippen molar-refractivity contribution in [3.8, 4) is 11.1 Å². The molecular weight excluding hydrogens is 322 g/mol. The van der Waals surface area contributed by atoms with Gasteiger partial charge in [0.2, 0.25) is 0 Å². The summed E-state index contributed by atoms with van der Waals surface area (Å²) in [6, 6.07) is 23.6. The number of hydrogen-bond donors (Lipinski definition) is 1. The summed E-state index contributed by atoms with van der Waals surface area (Å²) in [7, 11) is 0. The molecule has 0 aliphatic carbocycles. The van der Waals surface area contributed by atoms with Crippen molar-refractivity contribution in [2.45, 2.75) is 0 Å². The monoisotopic (exact) mass is 335 g/mol. The predicted octanol–water partition coefficient (Wildman–Crippen LogP) is 4.98. The van der Waals surface area contributed by atoms with Crippen molar-refractivity contribution in [1.82, 2.24) is 0 Å². The summed E-state index contributed by atoms with van der Waals surface area (Å²) in [5.74, 6) is -0.242. The number of anilines is 1. The van der Waals surface area contributed by atoms with Gasteiger partial charge in [0, 0.05) is 16.8 Å². The zero-order valence-corrected chi connectivity index (χ0v) is 13.5. The second kappa shape index (κ2) is 7.11. The first kappa shape index (κ1) is 16.0. The Bertz CT molecular complexity index is 891. The summed E-state index contributed by atoms with van der Waals surface area (Å²) < 4.78 is 0. The fraction of sp³-hybridized carbons (Fsp3) is 0. The fourth-order valence-corrected chi connectivity index (χ4v) is 2.59. The van der Waals surface area contributed by atoms with Gasteiger partial charge in [0.15, 0.2) is 0 Å². The van der Waals surface area contributed by atoms with E-state index in [1.54, 1.807) is 30.3 Å². The highest BCUT2D eigenvalue weighted by molar-refractivity contribution is 6.67. The van der Waals surface area contributed by atoms with Crippen molar-refractivity contribution in [1.29, 1.82) is 0 Å². The van der Waals surface area contributed by atoms with Crippen LogP contribution in [0.5, 0.6) is 0 Å². The maximum absolute atomic E-state index is 12.7. The molecule has 0 bridgehead atoms. The third-order valence-electron chi connectivity index (χ3n) is 3.60. The minimum Gasteiger partial charge on any atom is -0.322 e. The molecule has 0 saturated heterocycles. The van der Waals surface area contributed by atoms with E-state index in [0.29, 0.717) is 16.8 Å². The Labute approximate surface area is 144 Å². The van der Waals surface area contributed by atoms with Gasteiger partial charge in [-0.25, -0.2) is 0 Å². The zero-order valence-electron chi connectivity index (χ0n) is 12.7. The molecule has 4 heteroatoms. The molecule has 0 saturated carbocycles. The van der Waals surface area contributed by atoms with Gasteiger partial charge >= 0.3 is 0 Å². The molecular formula is C20H14ClNO2. The van der Waals surface area contributed by atoms with Crippen LogP contribution in [0.2, 0.25) is 0 Å². The van der Waals surface area contributed by atoms with Crippen LogP contribution in [-0.2, 0) is 0 Å². The predicted molar refractivity (Wildman–Crippen MR) is 96.5 cm³/mol. The highest BCUT2D eigenvalue weighted by Gasteiger charge is 2.13. The highest BCUT2D eigenvalue weighted by Crippen LogP contribution is 2.24. The molecule has 0 aliphatic rings. The van der Waals surface area contributed by atoms with Gasteiger partial charge in [0.25, 0.3) is 11.1 Å². The molecule has 3 nitrogen and oxygen atoms in total. The molecule has 3 aromatic rings. The van der Waals surface area contributed by atoms with E-state index in [0.717, 1.165) is 11.1 Å². The summed E-state index contributed by atoms with van der Waals surface area (Å²) in [5, 5.41) is 2.25. The Kier molecular flexibility index (Phi) is 4.73. The van der Waals surface area contributed by atoms with Gasteiger partial charge in [-0.15, -0.1) is 0 Å². The lowest BCUT2D eigenvalue weighted by molar-refractivity contribution is 0.102. The molecule has 1 N–H and O–H groups in total. The molecule has 0 spiro atoms. The van der Waals surface area contributed by atoms with E-state index in [4.69, 9.17) is 11.6 Å². The fourth-order valence-electron chi connectivity index (χ4n) is 2.47. The Morgan fingerprint density at radius 1 is 0.792 bits per heavy atom. The van der Waals surface area contributed by atoms with E-state index >= 15 is 0 Å². The van der Waals surface area contributed by atoms with Crippen LogP contribution in [0.15, 0.2) is 78.9 Å². The number of carbonyl (C=O) groups is 2. The first-order chi connectivity index (χ1) is 11.6. The largest absolute Gasteiger partial charge is 0.322 e. The van der Waals surface area contributed by atoms with E-state index in [2.05, 4.69) is 5.32 Å². The summed E-state index contributed by atoms with van der Waals surface area (Å²) >= 11 is 5.48. The van der Waals surface area contributed by atoms with Crippen LogP contribution in [0, 0.1) is 0 Å². The van der Waals surface area contributed by atoms with Crippen molar-refractivity contribution in [2.75, 3.05) is 5.32 Å². The molecule has 0 aliphatic heterocycles. The lowest BCUT2D eigenvalue weighted by atomic mass is 9.99. The van der Waals surface area contributed by atoms with Crippen LogP contribution >= 0.6 is 11.6 Å². The maximum Gasteiger partial charge on any atom is 0.256 e. The first-order valence-electron chi connectivity index (χ1n) is 7.41. The average Bonchev–Trinajstić information content (AvgIpc) is 2.62. The molecule has 0 atom stereocenters. The Morgan fingerprint density at radius 2 is 1.50 bits per heavy atom. The molecule has 24 heavy (non-hydrogen) atoms. The second-order valence-corrected chi connectivity index (χ2v) is 5.56. The number of rotatable bonds is 4. The number of halogens is 1. The van der Waals surface area contributed by atoms with Gasteiger partial charge in [-0.1, -0.05) is 54.6 Å². The SMILES string of the molecule is O=C(Cl)c1cccc(NC(=O)c2ccccc2-c2ccccc2)c1. The molecule has 0 unspecified atom stereocenters. The molecule has 3 aromatic carbocycles. The van der Waals surface area contributed by atoms with E-state index in [1.165, 1.54) is 0 Å². The third-order valence-corrected chi connectivity index (χ3v) is 3.82. The van der Waals surface area contributed by atoms with Gasteiger partial charge in [-0.2, -0.15) is 0 Å². The molecule has 3 rings (SSSR count). The molecule has 0 aromatic heterocycles. The number of nitrogens with one attached hydrogen (secondary N) is 1. The Hall–Kier alpha value is -2.91. The average molecular weight is 336 g/mol. The molecule has 0 heterocycles. The number of carbonyl (C=O) groups excluding carboxylic acids is 2. The van der Waals surface area contributed by atoms with Crippen molar-refractivity contribution >= 4 is 28.4 Å². The molecule has 0 radical (unpaired) electrons. The topological polar surface area (TPSA) is 46.2 Å². The van der Waals surface area contributed by atoms with E-state index in [1.807, 2.05) is 48.5 Å². The van der Waals surface area contributed by atoms with Crippen LogP contribution < -0.4 is 5.32 Å². The van der Waals surface area contributed by atoms with Gasteiger partial charge in [0.1, 0.15) is 0 Å². The summed E-state index contributed by atoms with van der Waals surface area (Å²) in [6.45, 7) is 0. The van der Waals surface area contributed by atoms with Crippen molar-refractivity contribution in [3.05, 3.63) is 90.0 Å². The van der Waals surface area contributed by atoms with Crippen molar-refractivity contribution in [3.63, 3.8) is 0 Å².